The molecular weight excluding hydrogens is 244 g/mol. The number of nitrogens with one attached hydrogen (secondary N) is 2. The Morgan fingerprint density at radius 1 is 1.47 bits per heavy atom. The minimum Gasteiger partial charge on any atom is -0.380 e. The highest BCUT2D eigenvalue weighted by molar-refractivity contribution is 5.76. The van der Waals surface area contributed by atoms with E-state index in [2.05, 4.69) is 22.6 Å². The van der Waals surface area contributed by atoms with Gasteiger partial charge >= 0.3 is 5.69 Å². The van der Waals surface area contributed by atoms with Gasteiger partial charge in [-0.1, -0.05) is 6.07 Å². The van der Waals surface area contributed by atoms with Gasteiger partial charge in [0, 0.05) is 19.1 Å². The summed E-state index contributed by atoms with van der Waals surface area (Å²) in [6.07, 6.45) is 1.01. The van der Waals surface area contributed by atoms with Crippen molar-refractivity contribution in [3.8, 4) is 0 Å². The highest BCUT2D eigenvalue weighted by Crippen LogP contribution is 2.33. The van der Waals surface area contributed by atoms with E-state index in [1.54, 1.807) is 12.1 Å². The van der Waals surface area contributed by atoms with Gasteiger partial charge in [-0.3, -0.25) is 10.1 Å². The van der Waals surface area contributed by atoms with Crippen molar-refractivity contribution >= 4 is 17.1 Å². The number of benzene rings is 1. The van der Waals surface area contributed by atoms with Gasteiger partial charge in [-0.05, 0) is 39.1 Å². The van der Waals surface area contributed by atoms with Crippen LogP contribution >= 0.6 is 0 Å². The van der Waals surface area contributed by atoms with E-state index in [1.807, 2.05) is 13.0 Å². The number of nitro benzene ring substituents is 1. The summed E-state index contributed by atoms with van der Waals surface area (Å²) in [7, 11) is 2.06. The third-order valence-electron chi connectivity index (χ3n) is 3.34. The first-order valence-corrected chi connectivity index (χ1v) is 6.58. The molecule has 19 heavy (non-hydrogen) atoms. The molecule has 2 rings (SSSR count). The lowest BCUT2D eigenvalue weighted by atomic mass is 10.2. The van der Waals surface area contributed by atoms with E-state index in [0.717, 1.165) is 19.5 Å². The topological polar surface area (TPSA) is 70.4 Å². The number of anilines is 2. The lowest BCUT2D eigenvalue weighted by Gasteiger charge is -2.15. The average Bonchev–Trinajstić information content (AvgIpc) is 2.75. The maximum Gasteiger partial charge on any atom is 0.315 e. The van der Waals surface area contributed by atoms with Crippen LogP contribution in [0.1, 0.15) is 13.3 Å². The first-order chi connectivity index (χ1) is 9.11. The fourth-order valence-corrected chi connectivity index (χ4v) is 2.46. The summed E-state index contributed by atoms with van der Waals surface area (Å²) in [4.78, 5) is 13.2. The van der Waals surface area contributed by atoms with Crippen LogP contribution < -0.4 is 10.6 Å². The monoisotopic (exact) mass is 264 g/mol. The molecule has 1 aromatic rings. The van der Waals surface area contributed by atoms with E-state index in [4.69, 9.17) is 0 Å². The fraction of sp³-hybridized carbons (Fsp3) is 0.538. The van der Waals surface area contributed by atoms with Crippen molar-refractivity contribution in [3.05, 3.63) is 28.3 Å². The first-order valence-electron chi connectivity index (χ1n) is 6.58. The zero-order valence-electron chi connectivity index (χ0n) is 11.3. The molecule has 0 radical (unpaired) electrons. The zero-order valence-corrected chi connectivity index (χ0v) is 11.3. The molecule has 0 spiro atoms. The lowest BCUT2D eigenvalue weighted by Crippen LogP contribution is -2.24. The molecule has 0 amide bonds. The molecule has 6 heteroatoms. The molecule has 0 saturated carbocycles. The summed E-state index contributed by atoms with van der Waals surface area (Å²) >= 11 is 0. The number of likely N-dealkylation sites (N-methyl/N-ethyl adjacent to an activating group) is 1. The van der Waals surface area contributed by atoms with E-state index in [-0.39, 0.29) is 16.7 Å². The minimum absolute atomic E-state index is 0.138. The van der Waals surface area contributed by atoms with Crippen molar-refractivity contribution in [1.82, 2.24) is 4.90 Å². The summed E-state index contributed by atoms with van der Waals surface area (Å²) in [6.45, 7) is 4.53. The van der Waals surface area contributed by atoms with Crippen molar-refractivity contribution in [3.63, 3.8) is 0 Å². The standard InChI is InChI=1S/C13H20N4O2/c1-3-14-11-5-4-6-12(13(11)17(18)19)15-10-7-8-16(2)9-10/h4-6,10,14-15H,3,7-9H2,1-2H3. The van der Waals surface area contributed by atoms with Gasteiger partial charge in [0.05, 0.1) is 4.92 Å². The molecular formula is C13H20N4O2. The van der Waals surface area contributed by atoms with Gasteiger partial charge in [0.25, 0.3) is 0 Å². The van der Waals surface area contributed by atoms with Gasteiger partial charge in [-0.15, -0.1) is 0 Å². The van der Waals surface area contributed by atoms with E-state index >= 15 is 0 Å². The van der Waals surface area contributed by atoms with E-state index in [0.29, 0.717) is 17.9 Å². The number of nitrogens with zero attached hydrogens (tertiary/aromatic N) is 2. The van der Waals surface area contributed by atoms with E-state index in [9.17, 15) is 10.1 Å². The van der Waals surface area contributed by atoms with Crippen LogP contribution in [0.2, 0.25) is 0 Å². The predicted octanol–water partition coefficient (Wildman–Crippen LogP) is 2.14. The zero-order chi connectivity index (χ0) is 13.8. The number of likely N-dealkylation sites (tertiary alicyclic amines) is 1. The van der Waals surface area contributed by atoms with Gasteiger partial charge in [0.2, 0.25) is 0 Å². The van der Waals surface area contributed by atoms with Crippen molar-refractivity contribution in [1.29, 1.82) is 0 Å². The van der Waals surface area contributed by atoms with E-state index in [1.165, 1.54) is 0 Å². The van der Waals surface area contributed by atoms with Crippen LogP contribution in [0.15, 0.2) is 18.2 Å². The highest BCUT2D eigenvalue weighted by Gasteiger charge is 2.24. The Hall–Kier alpha value is -1.82. The van der Waals surface area contributed by atoms with Crippen molar-refractivity contribution < 1.29 is 4.92 Å². The van der Waals surface area contributed by atoms with Crippen LogP contribution in [-0.2, 0) is 0 Å². The van der Waals surface area contributed by atoms with Crippen molar-refractivity contribution in [2.24, 2.45) is 0 Å². The molecule has 1 atom stereocenters. The molecule has 1 aromatic carbocycles. The summed E-state index contributed by atoms with van der Waals surface area (Å²) in [5, 5.41) is 17.6. The number of nitro groups is 1. The summed E-state index contributed by atoms with van der Waals surface area (Å²) in [5.74, 6) is 0. The molecule has 1 unspecified atom stereocenters. The molecule has 0 aliphatic carbocycles. The van der Waals surface area contributed by atoms with Crippen LogP contribution in [0.4, 0.5) is 17.1 Å². The second kappa shape index (κ2) is 5.88. The molecule has 1 heterocycles. The molecule has 1 aliphatic rings. The van der Waals surface area contributed by atoms with Crippen molar-refractivity contribution in [2.45, 2.75) is 19.4 Å². The van der Waals surface area contributed by atoms with Gasteiger partial charge < -0.3 is 15.5 Å². The number of hydrogen-bond donors (Lipinski definition) is 2. The molecule has 0 aromatic heterocycles. The quantitative estimate of drug-likeness (QED) is 0.630. The van der Waals surface area contributed by atoms with Crippen LogP contribution in [0.5, 0.6) is 0 Å². The number of rotatable bonds is 5. The van der Waals surface area contributed by atoms with Crippen LogP contribution in [0.3, 0.4) is 0 Å². The third-order valence-corrected chi connectivity index (χ3v) is 3.34. The number of hydrogen-bond acceptors (Lipinski definition) is 5. The second-order valence-electron chi connectivity index (χ2n) is 4.88. The van der Waals surface area contributed by atoms with Crippen LogP contribution in [0.25, 0.3) is 0 Å². The number of para-hydroxylation sites is 1. The molecule has 2 N–H and O–H groups in total. The molecule has 1 saturated heterocycles. The van der Waals surface area contributed by atoms with Gasteiger partial charge in [-0.25, -0.2) is 0 Å². The first kappa shape index (κ1) is 13.6. The summed E-state index contributed by atoms with van der Waals surface area (Å²) in [6, 6.07) is 5.64. The fourth-order valence-electron chi connectivity index (χ4n) is 2.46. The third kappa shape index (κ3) is 3.14. The van der Waals surface area contributed by atoms with Gasteiger partial charge in [0.15, 0.2) is 0 Å². The van der Waals surface area contributed by atoms with Crippen molar-refractivity contribution in [2.75, 3.05) is 37.3 Å². The molecule has 6 nitrogen and oxygen atoms in total. The minimum atomic E-state index is -0.320. The lowest BCUT2D eigenvalue weighted by molar-refractivity contribution is -0.383. The molecule has 0 bridgehead atoms. The second-order valence-corrected chi connectivity index (χ2v) is 4.88. The maximum absolute atomic E-state index is 11.3. The highest BCUT2D eigenvalue weighted by atomic mass is 16.6. The summed E-state index contributed by atoms with van der Waals surface area (Å²) < 4.78 is 0. The Morgan fingerprint density at radius 2 is 2.21 bits per heavy atom. The SMILES string of the molecule is CCNc1cccc(NC2CCN(C)C2)c1[N+](=O)[O-]. The smallest absolute Gasteiger partial charge is 0.315 e. The Kier molecular flexibility index (Phi) is 4.21. The molecule has 1 fully saturated rings. The Labute approximate surface area is 112 Å². The van der Waals surface area contributed by atoms with Crippen LogP contribution in [-0.4, -0.2) is 42.5 Å². The molecule has 1 aliphatic heterocycles. The summed E-state index contributed by atoms with van der Waals surface area (Å²) in [5.41, 5.74) is 1.31. The largest absolute Gasteiger partial charge is 0.380 e. The Bertz CT molecular complexity index is 464. The normalized spacial score (nSPS) is 19.4. The van der Waals surface area contributed by atoms with Gasteiger partial charge in [-0.2, -0.15) is 0 Å². The van der Waals surface area contributed by atoms with Crippen LogP contribution in [0, 0.1) is 10.1 Å². The Balaban J connectivity index is 2.23. The van der Waals surface area contributed by atoms with E-state index < -0.39 is 0 Å². The molecule has 104 valence electrons. The Morgan fingerprint density at radius 3 is 2.79 bits per heavy atom. The predicted molar refractivity (Wildman–Crippen MR) is 76.8 cm³/mol. The maximum atomic E-state index is 11.3. The van der Waals surface area contributed by atoms with Gasteiger partial charge in [0.1, 0.15) is 11.4 Å². The average molecular weight is 264 g/mol.